The molecule has 0 aliphatic rings. The maximum atomic E-state index is 12.4. The molecule has 0 bridgehead atoms. The summed E-state index contributed by atoms with van der Waals surface area (Å²) in [4.78, 5) is 16.8. The highest BCUT2D eigenvalue weighted by molar-refractivity contribution is 7.89. The average molecular weight is 399 g/mol. The van der Waals surface area contributed by atoms with Crippen molar-refractivity contribution in [3.05, 3.63) is 66.4 Å². The number of nitrogens with zero attached hydrogens (tertiary/aromatic N) is 1. The molecule has 0 aliphatic carbocycles. The quantitative estimate of drug-likeness (QED) is 0.545. The Labute approximate surface area is 158 Å². The van der Waals surface area contributed by atoms with Crippen LogP contribution in [0.1, 0.15) is 10.6 Å². The summed E-state index contributed by atoms with van der Waals surface area (Å²) in [6.45, 7) is 0. The smallest absolute Gasteiger partial charge is 0.291 e. The second-order valence-electron chi connectivity index (χ2n) is 5.68. The molecular weight excluding hydrogens is 386 g/mol. The first kappa shape index (κ1) is 17.4. The molecular formula is C18H13N3O4S2. The number of aromatic nitrogens is 1. The predicted molar refractivity (Wildman–Crippen MR) is 103 cm³/mol. The van der Waals surface area contributed by atoms with Crippen LogP contribution in [0.15, 0.2) is 70.0 Å². The van der Waals surface area contributed by atoms with Crippen molar-refractivity contribution >= 4 is 43.2 Å². The third-order valence-corrected chi connectivity index (χ3v) is 5.72. The van der Waals surface area contributed by atoms with Gasteiger partial charge in [0.15, 0.2) is 16.5 Å². The molecule has 2 heterocycles. The average Bonchev–Trinajstić information content (AvgIpc) is 3.28. The third-order valence-electron chi connectivity index (χ3n) is 3.75. The maximum absolute atomic E-state index is 12.4. The van der Waals surface area contributed by atoms with Crippen molar-refractivity contribution in [1.29, 1.82) is 0 Å². The summed E-state index contributed by atoms with van der Waals surface area (Å²) in [5, 5.41) is 8.37. The number of thiazole rings is 1. The van der Waals surface area contributed by atoms with Crippen LogP contribution in [0.4, 0.5) is 5.69 Å². The first-order valence-corrected chi connectivity index (χ1v) is 10.2. The van der Waals surface area contributed by atoms with E-state index in [0.29, 0.717) is 16.5 Å². The fourth-order valence-corrected chi connectivity index (χ4v) is 3.98. The van der Waals surface area contributed by atoms with E-state index in [-0.39, 0.29) is 10.7 Å². The van der Waals surface area contributed by atoms with Gasteiger partial charge in [0.05, 0.1) is 15.1 Å². The highest BCUT2D eigenvalue weighted by Gasteiger charge is 2.16. The SMILES string of the molecule is NS(=O)(=O)c1cccc(NC(=O)c2ccc(-c3nc4ccccc4s3)o2)c1. The number of fused-ring (bicyclic) bond motifs is 1. The Kier molecular flexibility index (Phi) is 4.27. The summed E-state index contributed by atoms with van der Waals surface area (Å²) < 4.78 is 29.5. The molecule has 136 valence electrons. The Morgan fingerprint density at radius 3 is 2.67 bits per heavy atom. The van der Waals surface area contributed by atoms with E-state index in [0.717, 1.165) is 10.2 Å². The van der Waals surface area contributed by atoms with Crippen LogP contribution in [-0.4, -0.2) is 19.3 Å². The number of hydrogen-bond acceptors (Lipinski definition) is 6. The molecule has 0 saturated carbocycles. The van der Waals surface area contributed by atoms with Gasteiger partial charge < -0.3 is 9.73 Å². The van der Waals surface area contributed by atoms with Gasteiger partial charge in [0.25, 0.3) is 5.91 Å². The second-order valence-corrected chi connectivity index (χ2v) is 8.27. The molecule has 2 aromatic carbocycles. The van der Waals surface area contributed by atoms with E-state index < -0.39 is 15.9 Å². The zero-order valence-corrected chi connectivity index (χ0v) is 15.4. The molecule has 0 saturated heterocycles. The predicted octanol–water partition coefficient (Wildman–Crippen LogP) is 3.46. The lowest BCUT2D eigenvalue weighted by Crippen LogP contribution is -2.14. The van der Waals surface area contributed by atoms with E-state index in [9.17, 15) is 13.2 Å². The summed E-state index contributed by atoms with van der Waals surface area (Å²) in [6, 6.07) is 16.6. The van der Waals surface area contributed by atoms with Crippen molar-refractivity contribution in [1.82, 2.24) is 4.98 Å². The Bertz CT molecular complexity index is 1230. The van der Waals surface area contributed by atoms with Gasteiger partial charge in [-0.05, 0) is 42.5 Å². The van der Waals surface area contributed by atoms with Gasteiger partial charge in [0.1, 0.15) is 0 Å². The number of carbonyl (C=O) groups is 1. The third kappa shape index (κ3) is 3.61. The van der Waals surface area contributed by atoms with Gasteiger partial charge in [-0.25, -0.2) is 18.5 Å². The molecule has 4 aromatic rings. The number of sulfonamides is 1. The van der Waals surface area contributed by atoms with Crippen molar-refractivity contribution in [3.8, 4) is 10.8 Å². The molecule has 27 heavy (non-hydrogen) atoms. The summed E-state index contributed by atoms with van der Waals surface area (Å²) in [5.74, 6) is 0.0684. The van der Waals surface area contributed by atoms with Gasteiger partial charge >= 0.3 is 0 Å². The number of nitrogens with one attached hydrogen (secondary N) is 1. The van der Waals surface area contributed by atoms with Crippen molar-refractivity contribution in [3.63, 3.8) is 0 Å². The minimum atomic E-state index is -3.85. The zero-order valence-electron chi connectivity index (χ0n) is 13.7. The van der Waals surface area contributed by atoms with E-state index in [1.54, 1.807) is 18.2 Å². The van der Waals surface area contributed by atoms with Crippen LogP contribution in [0, 0.1) is 0 Å². The molecule has 0 fully saturated rings. The van der Waals surface area contributed by atoms with Crippen molar-refractivity contribution in [2.45, 2.75) is 4.90 Å². The number of hydrogen-bond donors (Lipinski definition) is 2. The largest absolute Gasteiger partial charge is 0.448 e. The number of primary sulfonamides is 1. The summed E-state index contributed by atoms with van der Waals surface area (Å²) in [7, 11) is -3.85. The van der Waals surface area contributed by atoms with Gasteiger partial charge in [0.2, 0.25) is 10.0 Å². The molecule has 2 aromatic heterocycles. The van der Waals surface area contributed by atoms with Crippen LogP contribution in [-0.2, 0) is 10.0 Å². The number of carbonyl (C=O) groups excluding carboxylic acids is 1. The van der Waals surface area contributed by atoms with E-state index in [4.69, 9.17) is 9.56 Å². The fourth-order valence-electron chi connectivity index (χ4n) is 2.50. The van der Waals surface area contributed by atoms with Crippen LogP contribution in [0.5, 0.6) is 0 Å². The zero-order chi connectivity index (χ0) is 19.0. The molecule has 0 aliphatic heterocycles. The van der Waals surface area contributed by atoms with E-state index >= 15 is 0 Å². The van der Waals surface area contributed by atoms with Gasteiger partial charge in [-0.3, -0.25) is 4.79 Å². The number of para-hydroxylation sites is 1. The topological polar surface area (TPSA) is 115 Å². The lowest BCUT2D eigenvalue weighted by molar-refractivity contribution is 0.0997. The lowest BCUT2D eigenvalue weighted by Gasteiger charge is -2.05. The first-order valence-electron chi connectivity index (χ1n) is 7.80. The Hall–Kier alpha value is -3.01. The van der Waals surface area contributed by atoms with Crippen LogP contribution in [0.3, 0.4) is 0 Å². The highest BCUT2D eigenvalue weighted by Crippen LogP contribution is 2.31. The summed E-state index contributed by atoms with van der Waals surface area (Å²) in [5.41, 5.74) is 1.16. The minimum Gasteiger partial charge on any atom is -0.448 e. The van der Waals surface area contributed by atoms with E-state index in [1.165, 1.54) is 29.5 Å². The van der Waals surface area contributed by atoms with Crippen LogP contribution in [0.25, 0.3) is 21.0 Å². The van der Waals surface area contributed by atoms with Gasteiger partial charge in [0, 0.05) is 5.69 Å². The number of amides is 1. The Balaban J connectivity index is 1.57. The maximum Gasteiger partial charge on any atom is 0.291 e. The van der Waals surface area contributed by atoms with E-state index in [2.05, 4.69) is 10.3 Å². The number of nitrogens with two attached hydrogens (primary N) is 1. The van der Waals surface area contributed by atoms with Gasteiger partial charge in [-0.15, -0.1) is 11.3 Å². The highest BCUT2D eigenvalue weighted by atomic mass is 32.2. The molecule has 4 rings (SSSR count). The van der Waals surface area contributed by atoms with Crippen LogP contribution in [0.2, 0.25) is 0 Å². The van der Waals surface area contributed by atoms with Gasteiger partial charge in [-0.1, -0.05) is 18.2 Å². The molecule has 9 heteroatoms. The van der Waals surface area contributed by atoms with Crippen molar-refractivity contribution < 1.29 is 17.6 Å². The molecule has 0 unspecified atom stereocenters. The summed E-state index contributed by atoms with van der Waals surface area (Å²) >= 11 is 1.47. The molecule has 0 radical (unpaired) electrons. The number of rotatable bonds is 4. The fraction of sp³-hybridized carbons (Fsp3) is 0. The van der Waals surface area contributed by atoms with Crippen molar-refractivity contribution in [2.75, 3.05) is 5.32 Å². The standard InChI is InChI=1S/C18H13N3O4S2/c19-27(23,24)12-5-3-4-11(10-12)20-17(22)14-8-9-15(25-14)18-21-13-6-1-2-7-16(13)26-18/h1-10H,(H,20,22)(H2,19,23,24). The van der Waals surface area contributed by atoms with Crippen LogP contribution >= 0.6 is 11.3 Å². The Morgan fingerprint density at radius 1 is 1.07 bits per heavy atom. The van der Waals surface area contributed by atoms with E-state index in [1.807, 2.05) is 24.3 Å². The Morgan fingerprint density at radius 2 is 1.89 bits per heavy atom. The lowest BCUT2D eigenvalue weighted by atomic mass is 10.3. The first-order chi connectivity index (χ1) is 12.9. The molecule has 7 nitrogen and oxygen atoms in total. The normalized spacial score (nSPS) is 11.6. The minimum absolute atomic E-state index is 0.0880. The number of benzene rings is 2. The second kappa shape index (κ2) is 6.62. The molecule has 1 amide bonds. The number of furan rings is 1. The van der Waals surface area contributed by atoms with Crippen molar-refractivity contribution in [2.24, 2.45) is 5.14 Å². The number of anilines is 1. The summed E-state index contributed by atoms with van der Waals surface area (Å²) in [6.07, 6.45) is 0. The molecule has 0 atom stereocenters. The van der Waals surface area contributed by atoms with Gasteiger partial charge in [-0.2, -0.15) is 0 Å². The monoisotopic (exact) mass is 399 g/mol. The molecule has 3 N–H and O–H groups in total. The van der Waals surface area contributed by atoms with Crippen LogP contribution < -0.4 is 10.5 Å². The molecule has 0 spiro atoms.